The maximum atomic E-state index is 9.05. The van der Waals surface area contributed by atoms with E-state index in [0.29, 0.717) is 50.3 Å². The second-order valence-electron chi connectivity index (χ2n) is 13.8. The Kier molecular flexibility index (Phi) is 5.98. The summed E-state index contributed by atoms with van der Waals surface area (Å²) in [5.41, 5.74) is 3.60. The van der Waals surface area contributed by atoms with Crippen molar-refractivity contribution in [3.05, 3.63) is 200 Å². The molecule has 10 aromatic rings. The second-order valence-corrected chi connectivity index (χ2v) is 13.8. The topological polar surface area (TPSA) is 35.9 Å². The molecule has 7 aromatic carbocycles. The number of rotatable bonds is 10. The van der Waals surface area contributed by atoms with Crippen LogP contribution in [-0.4, -0.2) is 14.1 Å². The highest BCUT2D eigenvalue weighted by molar-refractivity contribution is 6.09. The van der Waals surface area contributed by atoms with Crippen LogP contribution in [0.15, 0.2) is 188 Å². The lowest BCUT2D eigenvalue weighted by Gasteiger charge is -2.17. The van der Waals surface area contributed by atoms with Gasteiger partial charge in [-0.25, -0.2) is 4.98 Å². The molecule has 0 bridgehead atoms. The van der Waals surface area contributed by atoms with E-state index in [1.54, 1.807) is 86.6 Å². The highest BCUT2D eigenvalue weighted by atomic mass is 16.5. The third kappa shape index (κ3) is 6.22. The van der Waals surface area contributed by atoms with E-state index < -0.39 is 60.4 Å². The van der Waals surface area contributed by atoms with Crippen LogP contribution in [0.25, 0.3) is 72.3 Å². The molecule has 0 saturated heterocycles. The molecule has 0 amide bonds. The predicted molar refractivity (Wildman–Crippen MR) is 236 cm³/mol. The Balaban J connectivity index is 1.16. The van der Waals surface area contributed by atoms with Gasteiger partial charge in [0.05, 0.1) is 52.6 Å². The summed E-state index contributed by atoms with van der Waals surface area (Å²) in [4.78, 5) is 4.72. The van der Waals surface area contributed by atoms with Gasteiger partial charge in [0.15, 0.2) is 0 Å². The maximum absolute atomic E-state index is 9.05. The molecule has 0 atom stereocenters. The lowest BCUT2D eigenvalue weighted by atomic mass is 9.95. The fraction of sp³-hybridized carbons (Fsp3) is 0.0943. The van der Waals surface area contributed by atoms with Crippen molar-refractivity contribution in [1.82, 2.24) is 14.1 Å². The average molecular weight is 765 g/mol. The van der Waals surface area contributed by atoms with E-state index in [9.17, 15) is 0 Å². The predicted octanol–water partition coefficient (Wildman–Crippen LogP) is 13.2. The smallest absolute Gasteiger partial charge is 0.269 e. The molecule has 58 heavy (non-hydrogen) atoms. The molecule has 3 heterocycles. The number of ether oxygens (including phenoxy) is 1. The van der Waals surface area contributed by atoms with Crippen LogP contribution in [0, 0.1) is 6.33 Å². The number of nitrogens with zero attached hydrogens (tertiary/aromatic N) is 4. The molecular formula is C53H42N4O. The van der Waals surface area contributed by atoms with Gasteiger partial charge in [-0.05, 0) is 95.1 Å². The van der Waals surface area contributed by atoms with Crippen molar-refractivity contribution in [1.29, 1.82) is 0 Å². The van der Waals surface area contributed by atoms with Gasteiger partial charge in [0, 0.05) is 23.0 Å². The van der Waals surface area contributed by atoms with Crippen molar-refractivity contribution >= 4 is 32.8 Å². The lowest BCUT2D eigenvalue weighted by molar-refractivity contribution is -0.571. The number of hydrogen-bond acceptors (Lipinski definition) is 2. The van der Waals surface area contributed by atoms with Gasteiger partial charge in [0.2, 0.25) is 0 Å². The van der Waals surface area contributed by atoms with Crippen molar-refractivity contribution < 1.29 is 28.5 Å². The Hall–Kier alpha value is -7.24. The fourth-order valence-corrected chi connectivity index (χ4v) is 7.77. The number of pyridine rings is 1. The first kappa shape index (κ1) is 23.1. The van der Waals surface area contributed by atoms with Gasteiger partial charge in [-0.1, -0.05) is 141 Å². The first-order valence-electron chi connectivity index (χ1n) is 26.0. The molecule has 0 radical (unpaired) electrons. The molecule has 3 aromatic heterocycles. The molecule has 10 rings (SSSR count). The number of para-hydroxylation sites is 4. The highest BCUT2D eigenvalue weighted by Crippen LogP contribution is 2.37. The Bertz CT molecular complexity index is 3760. The van der Waals surface area contributed by atoms with Crippen LogP contribution in [-0.2, 0) is 0 Å². The number of hydrogen-bond donors (Lipinski definition) is 0. The quantitative estimate of drug-likeness (QED) is 0.103. The van der Waals surface area contributed by atoms with Crippen LogP contribution in [0.2, 0.25) is 0 Å². The molecule has 0 N–H and O–H groups in total. The van der Waals surface area contributed by atoms with E-state index in [-0.39, 0.29) is 63.5 Å². The monoisotopic (exact) mass is 764 g/mol. The molecule has 0 spiro atoms. The van der Waals surface area contributed by atoms with Crippen molar-refractivity contribution in [3.63, 3.8) is 0 Å². The third-order valence-corrected chi connectivity index (χ3v) is 10.5. The van der Waals surface area contributed by atoms with Crippen molar-refractivity contribution in [3.8, 4) is 50.9 Å². The van der Waals surface area contributed by atoms with Crippen LogP contribution in [0.1, 0.15) is 57.4 Å². The number of imidazole rings is 1. The summed E-state index contributed by atoms with van der Waals surface area (Å²) >= 11 is 0. The standard InChI is InChI=1S/C53H42N4O/c1-3-37(4-2)40-31-32-54-52(33-40)57-48-26-12-11-23-46(48)47-30-29-43(35-51(47)57)58-42-22-15-21-41(34-42)55-36-56(50-28-14-13-27-49(50)55)53-44(38-17-7-5-8-18-38)24-16-25-45(53)39-19-9-6-10-20-39/h5-35,37H,3-4H2,1-2H3/i5D,6D,7D,8D,9D,10D,11D,12D,17D,18D,19D,20D,23D,26D. The van der Waals surface area contributed by atoms with E-state index in [4.69, 9.17) is 28.9 Å². The summed E-state index contributed by atoms with van der Waals surface area (Å²) in [6, 6.07) is 21.7. The lowest BCUT2D eigenvalue weighted by Crippen LogP contribution is -2.31. The van der Waals surface area contributed by atoms with E-state index in [2.05, 4.69) is 20.2 Å². The molecule has 0 aliphatic carbocycles. The van der Waals surface area contributed by atoms with Crippen molar-refractivity contribution in [2.24, 2.45) is 0 Å². The molecule has 280 valence electrons. The first-order valence-corrected chi connectivity index (χ1v) is 19.0. The van der Waals surface area contributed by atoms with Crippen LogP contribution in [0.4, 0.5) is 0 Å². The number of benzene rings is 7. The number of fused-ring (bicyclic) bond motifs is 4. The third-order valence-electron chi connectivity index (χ3n) is 10.5. The SMILES string of the molecule is [2H]c1c([2H])c([2H])c(-c2cccc(-c3c([2H])c([2H])c([2H])c([2H])c3[2H])c2-[n+]2[c-]n(-c3cccc(Oc4ccc5c6c([2H])c([2H])c([2H])c([2H])c6n(-c6cc(C(CC)CC)ccn6)c5c4)c3)c3ccccc32)c([2H])c1[2H]. The van der Waals surface area contributed by atoms with Crippen LogP contribution < -0.4 is 9.30 Å². The van der Waals surface area contributed by atoms with Crippen LogP contribution in [0.3, 0.4) is 0 Å². The van der Waals surface area contributed by atoms with E-state index in [1.165, 1.54) is 0 Å². The average Bonchev–Trinajstić information content (AvgIpc) is 3.94. The Morgan fingerprint density at radius 2 is 1.33 bits per heavy atom. The highest BCUT2D eigenvalue weighted by Gasteiger charge is 2.20. The zero-order valence-corrected chi connectivity index (χ0v) is 31.5. The summed E-state index contributed by atoms with van der Waals surface area (Å²) in [5.74, 6) is 1.53. The molecular weight excluding hydrogens is 709 g/mol. The molecule has 5 heteroatoms. The van der Waals surface area contributed by atoms with E-state index >= 15 is 0 Å². The van der Waals surface area contributed by atoms with Gasteiger partial charge >= 0.3 is 0 Å². The summed E-state index contributed by atoms with van der Waals surface area (Å²) in [7, 11) is 0. The Morgan fingerprint density at radius 1 is 0.638 bits per heavy atom. The molecule has 0 unspecified atom stereocenters. The minimum absolute atomic E-state index is 0.121. The molecule has 0 fully saturated rings. The van der Waals surface area contributed by atoms with Crippen molar-refractivity contribution in [2.75, 3.05) is 0 Å². The van der Waals surface area contributed by atoms with Gasteiger partial charge in [0.25, 0.3) is 6.33 Å². The van der Waals surface area contributed by atoms with Crippen LogP contribution in [0.5, 0.6) is 11.5 Å². The van der Waals surface area contributed by atoms with E-state index in [0.717, 1.165) is 18.4 Å². The zero-order valence-electron chi connectivity index (χ0n) is 45.5. The van der Waals surface area contributed by atoms with Gasteiger partial charge in [-0.15, -0.1) is 0 Å². The Labute approximate surface area is 358 Å². The second kappa shape index (κ2) is 15.0. The summed E-state index contributed by atoms with van der Waals surface area (Å²) < 4.78 is 134. The summed E-state index contributed by atoms with van der Waals surface area (Å²) in [6.45, 7) is 4.24. The summed E-state index contributed by atoms with van der Waals surface area (Å²) in [5, 5.41) is 0.933. The minimum atomic E-state index is -0.592. The molecule has 0 aliphatic heterocycles. The maximum Gasteiger partial charge on any atom is 0.269 e. The van der Waals surface area contributed by atoms with Gasteiger partial charge in [-0.3, -0.25) is 13.7 Å². The molecule has 0 saturated carbocycles. The number of aromatic nitrogens is 4. The largest absolute Gasteiger partial charge is 0.458 e. The first-order chi connectivity index (χ1) is 34.5. The normalized spacial score (nSPS) is 14.9. The zero-order chi connectivity index (χ0) is 51.2. The summed E-state index contributed by atoms with van der Waals surface area (Å²) in [6.07, 6.45) is 6.91. The van der Waals surface area contributed by atoms with E-state index in [1.807, 2.05) is 30.3 Å². The molecule has 0 aliphatic rings. The Morgan fingerprint density at radius 3 is 2.09 bits per heavy atom. The molecule has 5 nitrogen and oxygen atoms in total. The fourth-order valence-electron chi connectivity index (χ4n) is 7.77. The van der Waals surface area contributed by atoms with Crippen molar-refractivity contribution in [2.45, 2.75) is 32.6 Å². The van der Waals surface area contributed by atoms with Crippen LogP contribution >= 0.6 is 0 Å². The van der Waals surface area contributed by atoms with Gasteiger partial charge in [0.1, 0.15) is 17.3 Å². The van der Waals surface area contributed by atoms with Gasteiger partial charge < -0.3 is 4.74 Å². The minimum Gasteiger partial charge on any atom is -0.458 e. The van der Waals surface area contributed by atoms with Gasteiger partial charge in [-0.2, -0.15) is 0 Å².